The quantitative estimate of drug-likeness (QED) is 0.833. The van der Waals surface area contributed by atoms with Crippen LogP contribution in [0.2, 0.25) is 0 Å². The summed E-state index contributed by atoms with van der Waals surface area (Å²) >= 11 is 0. The van der Waals surface area contributed by atoms with Crippen LogP contribution >= 0.6 is 0 Å². The maximum absolute atomic E-state index is 12.0. The van der Waals surface area contributed by atoms with Crippen molar-refractivity contribution in [2.75, 3.05) is 18.9 Å². The minimum atomic E-state index is -0.123. The minimum Gasteiger partial charge on any atom is -0.506 e. The Bertz CT molecular complexity index is 476. The Labute approximate surface area is 121 Å². The van der Waals surface area contributed by atoms with Crippen LogP contribution in [0.5, 0.6) is 5.75 Å². The molecule has 0 spiro atoms. The number of amides is 1. The third-order valence-electron chi connectivity index (χ3n) is 3.41. The Balaban J connectivity index is 2.84. The molecule has 1 rings (SSSR count). The lowest BCUT2D eigenvalue weighted by molar-refractivity contribution is -0.117. The smallest absolute Gasteiger partial charge is 0.238 e. The molecule has 0 aliphatic carbocycles. The highest BCUT2D eigenvalue weighted by atomic mass is 16.3. The topological polar surface area (TPSA) is 52.6 Å². The van der Waals surface area contributed by atoms with E-state index in [4.69, 9.17) is 0 Å². The molecule has 112 valence electrons. The van der Waals surface area contributed by atoms with Crippen LogP contribution in [0, 0.1) is 0 Å². The molecule has 0 heterocycles. The van der Waals surface area contributed by atoms with Gasteiger partial charge in [0.15, 0.2) is 0 Å². The van der Waals surface area contributed by atoms with E-state index in [9.17, 15) is 9.90 Å². The van der Waals surface area contributed by atoms with E-state index in [2.05, 4.69) is 26.1 Å². The second-order valence-electron chi connectivity index (χ2n) is 6.54. The largest absolute Gasteiger partial charge is 0.506 e. The van der Waals surface area contributed by atoms with E-state index in [0.29, 0.717) is 18.3 Å². The fourth-order valence-electron chi connectivity index (χ4n) is 1.70. The normalized spacial score (nSPS) is 12.0. The number of nitrogens with one attached hydrogen (secondary N) is 1. The molecule has 0 saturated carbocycles. The van der Waals surface area contributed by atoms with Crippen molar-refractivity contribution in [3.8, 4) is 5.75 Å². The molecular formula is C16H26N2O2. The Hall–Kier alpha value is -1.55. The van der Waals surface area contributed by atoms with E-state index >= 15 is 0 Å². The number of phenols is 1. The van der Waals surface area contributed by atoms with E-state index in [0.717, 1.165) is 5.56 Å². The van der Waals surface area contributed by atoms with Gasteiger partial charge in [0.2, 0.25) is 5.91 Å². The van der Waals surface area contributed by atoms with Crippen molar-refractivity contribution in [1.29, 1.82) is 0 Å². The third-order valence-corrected chi connectivity index (χ3v) is 3.41. The van der Waals surface area contributed by atoms with Gasteiger partial charge in [-0.15, -0.1) is 0 Å². The van der Waals surface area contributed by atoms with Gasteiger partial charge in [-0.2, -0.15) is 0 Å². The number of benzene rings is 1. The van der Waals surface area contributed by atoms with Gasteiger partial charge < -0.3 is 10.4 Å². The molecule has 0 radical (unpaired) electrons. The van der Waals surface area contributed by atoms with Crippen LogP contribution in [-0.2, 0) is 10.2 Å². The molecule has 1 aromatic rings. The number of nitrogens with zero attached hydrogens (tertiary/aromatic N) is 1. The van der Waals surface area contributed by atoms with Gasteiger partial charge in [-0.05, 0) is 44.0 Å². The average molecular weight is 278 g/mol. The molecule has 20 heavy (non-hydrogen) atoms. The van der Waals surface area contributed by atoms with Gasteiger partial charge in [-0.1, -0.05) is 26.8 Å². The first-order valence-electron chi connectivity index (χ1n) is 6.95. The number of hydrogen-bond donors (Lipinski definition) is 2. The Morgan fingerprint density at radius 2 is 1.95 bits per heavy atom. The van der Waals surface area contributed by atoms with Crippen molar-refractivity contribution in [2.45, 2.75) is 46.1 Å². The van der Waals surface area contributed by atoms with Gasteiger partial charge in [-0.3, -0.25) is 9.69 Å². The Kier molecular flexibility index (Phi) is 5.17. The van der Waals surface area contributed by atoms with Crippen molar-refractivity contribution in [3.63, 3.8) is 0 Å². The summed E-state index contributed by atoms with van der Waals surface area (Å²) in [6.07, 6.45) is 0. The summed E-state index contributed by atoms with van der Waals surface area (Å²) in [7, 11) is 1.90. The molecular weight excluding hydrogens is 252 g/mol. The zero-order valence-corrected chi connectivity index (χ0v) is 13.3. The van der Waals surface area contributed by atoms with Crippen LogP contribution in [0.4, 0.5) is 5.69 Å². The SMILES string of the molecule is CC(C)N(C)CC(=O)Nc1cc(C(C)(C)C)ccc1O. The summed E-state index contributed by atoms with van der Waals surface area (Å²) in [6.45, 7) is 10.7. The van der Waals surface area contributed by atoms with E-state index < -0.39 is 0 Å². The molecule has 0 saturated heterocycles. The summed E-state index contributed by atoms with van der Waals surface area (Å²) in [5.41, 5.74) is 1.52. The molecule has 0 aromatic heterocycles. The van der Waals surface area contributed by atoms with E-state index in [1.165, 1.54) is 0 Å². The van der Waals surface area contributed by atoms with Crippen molar-refractivity contribution in [2.24, 2.45) is 0 Å². The number of carbonyl (C=O) groups excluding carboxylic acids is 1. The van der Waals surface area contributed by atoms with E-state index in [1.807, 2.05) is 37.9 Å². The van der Waals surface area contributed by atoms with Crippen molar-refractivity contribution in [3.05, 3.63) is 23.8 Å². The fraction of sp³-hybridized carbons (Fsp3) is 0.562. The van der Waals surface area contributed by atoms with E-state index in [1.54, 1.807) is 6.07 Å². The molecule has 0 unspecified atom stereocenters. The van der Waals surface area contributed by atoms with E-state index in [-0.39, 0.29) is 17.1 Å². The van der Waals surface area contributed by atoms with Crippen molar-refractivity contribution < 1.29 is 9.90 Å². The van der Waals surface area contributed by atoms with Crippen LogP contribution in [0.25, 0.3) is 0 Å². The highest BCUT2D eigenvalue weighted by Crippen LogP contribution is 2.30. The molecule has 1 aromatic carbocycles. The fourth-order valence-corrected chi connectivity index (χ4v) is 1.70. The first kappa shape index (κ1) is 16.5. The van der Waals surface area contributed by atoms with Crippen molar-refractivity contribution in [1.82, 2.24) is 4.90 Å². The molecule has 0 bridgehead atoms. The van der Waals surface area contributed by atoms with Crippen LogP contribution in [0.3, 0.4) is 0 Å². The molecule has 0 atom stereocenters. The molecule has 0 aliphatic heterocycles. The summed E-state index contributed by atoms with van der Waals surface area (Å²) in [5, 5.41) is 12.6. The second-order valence-corrected chi connectivity index (χ2v) is 6.54. The average Bonchev–Trinajstić information content (AvgIpc) is 2.30. The Morgan fingerprint density at radius 1 is 1.35 bits per heavy atom. The monoisotopic (exact) mass is 278 g/mol. The first-order chi connectivity index (χ1) is 9.11. The maximum atomic E-state index is 12.0. The summed E-state index contributed by atoms with van der Waals surface area (Å²) in [5.74, 6) is -0.0268. The maximum Gasteiger partial charge on any atom is 0.238 e. The highest BCUT2D eigenvalue weighted by Gasteiger charge is 2.17. The summed E-state index contributed by atoms with van der Waals surface area (Å²) < 4.78 is 0. The lowest BCUT2D eigenvalue weighted by Gasteiger charge is -2.22. The Morgan fingerprint density at radius 3 is 2.45 bits per heavy atom. The number of anilines is 1. The summed E-state index contributed by atoms with van der Waals surface area (Å²) in [4.78, 5) is 13.9. The predicted molar refractivity (Wildman–Crippen MR) is 83.2 cm³/mol. The summed E-state index contributed by atoms with van der Waals surface area (Å²) in [6, 6.07) is 5.64. The lowest BCUT2D eigenvalue weighted by atomic mass is 9.87. The van der Waals surface area contributed by atoms with Gasteiger partial charge in [0, 0.05) is 6.04 Å². The number of rotatable bonds is 4. The van der Waals surface area contributed by atoms with Gasteiger partial charge >= 0.3 is 0 Å². The molecule has 1 amide bonds. The predicted octanol–water partition coefficient (Wildman–Crippen LogP) is 2.97. The number of likely N-dealkylation sites (N-methyl/N-ethyl adjacent to an activating group) is 1. The van der Waals surface area contributed by atoms with Crippen molar-refractivity contribution >= 4 is 11.6 Å². The third kappa shape index (κ3) is 4.53. The highest BCUT2D eigenvalue weighted by molar-refractivity contribution is 5.93. The van der Waals surface area contributed by atoms with Gasteiger partial charge in [-0.25, -0.2) is 0 Å². The molecule has 2 N–H and O–H groups in total. The van der Waals surface area contributed by atoms with Crippen LogP contribution in [-0.4, -0.2) is 35.5 Å². The van der Waals surface area contributed by atoms with Crippen LogP contribution < -0.4 is 5.32 Å². The second kappa shape index (κ2) is 6.27. The molecule has 0 aliphatic rings. The first-order valence-corrected chi connectivity index (χ1v) is 6.95. The number of hydrogen-bond acceptors (Lipinski definition) is 3. The van der Waals surface area contributed by atoms with Crippen LogP contribution in [0.15, 0.2) is 18.2 Å². The molecule has 0 fully saturated rings. The van der Waals surface area contributed by atoms with Gasteiger partial charge in [0.1, 0.15) is 5.75 Å². The zero-order chi connectivity index (χ0) is 15.5. The lowest BCUT2D eigenvalue weighted by Crippen LogP contribution is -2.34. The standard InChI is InChI=1S/C16H26N2O2/c1-11(2)18(6)10-15(20)17-13-9-12(16(3,4)5)7-8-14(13)19/h7-9,11,19H,10H2,1-6H3,(H,17,20). The number of carbonyl (C=O) groups is 1. The molecule has 4 heteroatoms. The number of phenolic OH excluding ortho intramolecular Hbond substituents is 1. The van der Waals surface area contributed by atoms with Gasteiger partial charge in [0.05, 0.1) is 12.2 Å². The molecule has 4 nitrogen and oxygen atoms in total. The van der Waals surface area contributed by atoms with Gasteiger partial charge in [0.25, 0.3) is 0 Å². The minimum absolute atomic E-state index is 0.0259. The zero-order valence-electron chi connectivity index (χ0n) is 13.3. The van der Waals surface area contributed by atoms with Crippen LogP contribution in [0.1, 0.15) is 40.2 Å². The number of aromatic hydroxyl groups is 1.